The molecule has 1 amide bonds. The number of phosphoric acid groups is 1. The summed E-state index contributed by atoms with van der Waals surface area (Å²) in [7, 11) is -5.05. The molecule has 0 aromatic carbocycles. The third-order valence-corrected chi connectivity index (χ3v) is 12.4. The highest BCUT2D eigenvalue weighted by molar-refractivity contribution is 7.47. The van der Waals surface area contributed by atoms with Crippen LogP contribution in [0, 0.1) is 0 Å². The van der Waals surface area contributed by atoms with E-state index in [0.717, 1.165) is 38.5 Å². The SMILES string of the molecule is CCCCCCCCCCCCCCCCCCCCC(=O)N[C@@H](COP(=O)(O)OC1C(O)C(O)C(O)[C@@H](O)C1O)[C@H](O)CCCCCCCCCCCCC. The molecule has 56 heavy (non-hydrogen) atoms. The third kappa shape index (κ3) is 25.7. The summed E-state index contributed by atoms with van der Waals surface area (Å²) in [6.45, 7) is 3.88. The van der Waals surface area contributed by atoms with E-state index in [1.54, 1.807) is 0 Å². The quantitative estimate of drug-likeness (QED) is 0.0220. The van der Waals surface area contributed by atoms with Crippen molar-refractivity contribution in [3.63, 3.8) is 0 Å². The van der Waals surface area contributed by atoms with E-state index in [-0.39, 0.29) is 12.3 Å². The summed E-state index contributed by atoms with van der Waals surface area (Å²) < 4.78 is 22.9. The van der Waals surface area contributed by atoms with Gasteiger partial charge in [0.05, 0.1) is 18.8 Å². The maximum Gasteiger partial charge on any atom is 0.472 e. The van der Waals surface area contributed by atoms with Gasteiger partial charge in [-0.3, -0.25) is 13.8 Å². The molecule has 0 heterocycles. The topological polar surface area (TPSA) is 206 Å². The van der Waals surface area contributed by atoms with Crippen LogP contribution in [0.4, 0.5) is 0 Å². The molecule has 0 aliphatic heterocycles. The minimum atomic E-state index is -5.05. The number of phosphoric ester groups is 1. The number of nitrogens with one attached hydrogen (secondary N) is 1. The lowest BCUT2D eigenvalue weighted by atomic mass is 9.85. The van der Waals surface area contributed by atoms with Crippen molar-refractivity contribution in [1.29, 1.82) is 0 Å². The zero-order valence-electron chi connectivity index (χ0n) is 35.5. The molecule has 6 unspecified atom stereocenters. The van der Waals surface area contributed by atoms with Gasteiger partial charge in [-0.05, 0) is 12.8 Å². The molecular formula is C43H86NO11P. The van der Waals surface area contributed by atoms with Gasteiger partial charge in [-0.1, -0.05) is 194 Å². The number of carbonyl (C=O) groups excluding carboxylic acids is 1. The number of hydrogen-bond acceptors (Lipinski definition) is 10. The third-order valence-electron chi connectivity index (χ3n) is 11.4. The van der Waals surface area contributed by atoms with E-state index >= 15 is 0 Å². The summed E-state index contributed by atoms with van der Waals surface area (Å²) in [4.78, 5) is 23.4. The van der Waals surface area contributed by atoms with Crippen molar-refractivity contribution >= 4 is 13.7 Å². The molecule has 12 nitrogen and oxygen atoms in total. The van der Waals surface area contributed by atoms with E-state index in [2.05, 4.69) is 19.2 Å². The van der Waals surface area contributed by atoms with Crippen molar-refractivity contribution in [2.24, 2.45) is 0 Å². The Morgan fingerprint density at radius 2 is 0.857 bits per heavy atom. The van der Waals surface area contributed by atoms with Crippen molar-refractivity contribution in [1.82, 2.24) is 5.32 Å². The molecule has 0 bridgehead atoms. The van der Waals surface area contributed by atoms with Gasteiger partial charge >= 0.3 is 7.82 Å². The monoisotopic (exact) mass is 824 g/mol. The zero-order chi connectivity index (χ0) is 41.4. The first kappa shape index (κ1) is 53.4. The van der Waals surface area contributed by atoms with Gasteiger partial charge in [-0.2, -0.15) is 0 Å². The molecule has 8 N–H and O–H groups in total. The fraction of sp³-hybridized carbons (Fsp3) is 0.977. The second-order valence-corrected chi connectivity index (χ2v) is 18.0. The largest absolute Gasteiger partial charge is 0.472 e. The lowest BCUT2D eigenvalue weighted by Crippen LogP contribution is -2.64. The van der Waals surface area contributed by atoms with Crippen LogP contribution >= 0.6 is 7.82 Å². The molecule has 1 fully saturated rings. The lowest BCUT2D eigenvalue weighted by Gasteiger charge is -2.41. The zero-order valence-corrected chi connectivity index (χ0v) is 36.4. The van der Waals surface area contributed by atoms with Gasteiger partial charge in [0.2, 0.25) is 5.91 Å². The van der Waals surface area contributed by atoms with Crippen molar-refractivity contribution in [2.45, 2.75) is 262 Å². The van der Waals surface area contributed by atoms with E-state index < -0.39 is 63.2 Å². The average Bonchev–Trinajstić information content (AvgIpc) is 3.18. The predicted octanol–water partition coefficient (Wildman–Crippen LogP) is 8.29. The smallest absolute Gasteiger partial charge is 0.391 e. The minimum Gasteiger partial charge on any atom is -0.391 e. The van der Waals surface area contributed by atoms with Crippen molar-refractivity contribution in [3.05, 3.63) is 0 Å². The molecule has 0 radical (unpaired) electrons. The van der Waals surface area contributed by atoms with Crippen molar-refractivity contribution in [2.75, 3.05) is 6.61 Å². The normalized spacial score (nSPS) is 23.5. The number of unbranched alkanes of at least 4 members (excludes halogenated alkanes) is 27. The average molecular weight is 824 g/mol. The van der Waals surface area contributed by atoms with Crippen LogP contribution in [0.5, 0.6) is 0 Å². The Bertz CT molecular complexity index is 962. The molecule has 13 heteroatoms. The molecule has 0 saturated heterocycles. The van der Waals surface area contributed by atoms with Crippen LogP contribution in [0.1, 0.15) is 213 Å². The molecule has 1 aliphatic carbocycles. The molecule has 0 aromatic rings. The van der Waals surface area contributed by atoms with Gasteiger partial charge in [0.25, 0.3) is 0 Å². The van der Waals surface area contributed by atoms with Gasteiger partial charge in [-0.25, -0.2) is 4.57 Å². The number of rotatable bonds is 38. The Kier molecular flexibility index (Phi) is 32.5. The maximum atomic E-state index is 12.9. The van der Waals surface area contributed by atoms with Gasteiger partial charge in [0.15, 0.2) is 0 Å². The second-order valence-electron chi connectivity index (χ2n) is 16.6. The Morgan fingerprint density at radius 3 is 1.23 bits per heavy atom. The molecular weight excluding hydrogens is 737 g/mol. The number of amides is 1. The number of aliphatic hydroxyl groups excluding tert-OH is 6. The molecule has 0 spiro atoms. The van der Waals surface area contributed by atoms with Crippen LogP contribution in [0.25, 0.3) is 0 Å². The van der Waals surface area contributed by atoms with Crippen LogP contribution in [0.15, 0.2) is 0 Å². The minimum absolute atomic E-state index is 0.242. The van der Waals surface area contributed by atoms with E-state index in [1.807, 2.05) is 0 Å². The standard InChI is InChI=1S/C43H86NO11P/c1-3-5-7-9-11-13-15-16-17-18-19-20-21-23-25-27-29-31-33-37(46)44-35(36(45)32-30-28-26-24-22-14-12-10-8-6-4-2)34-54-56(52,53)55-43-41(50)39(48)38(47)40(49)42(43)51/h35-36,38-43,45,47-51H,3-34H2,1-2H3,(H,44,46)(H,52,53)/t35-,36+,38?,39+,40?,41?,42?,43?/m0/s1. The summed E-state index contributed by atoms with van der Waals surface area (Å²) in [5.74, 6) is -0.305. The van der Waals surface area contributed by atoms with Crippen LogP contribution in [0.2, 0.25) is 0 Å². The summed E-state index contributed by atoms with van der Waals surface area (Å²) >= 11 is 0. The second kappa shape index (κ2) is 34.1. The fourth-order valence-electron chi connectivity index (χ4n) is 7.61. The number of aliphatic hydroxyl groups is 6. The predicted molar refractivity (Wildman–Crippen MR) is 223 cm³/mol. The van der Waals surface area contributed by atoms with E-state index in [4.69, 9.17) is 9.05 Å². The fourth-order valence-corrected chi connectivity index (χ4v) is 8.58. The van der Waals surface area contributed by atoms with Crippen LogP contribution in [-0.2, 0) is 18.4 Å². The van der Waals surface area contributed by atoms with Gasteiger partial charge in [0, 0.05) is 6.42 Å². The molecule has 1 aliphatic rings. The molecule has 334 valence electrons. The Balaban J connectivity index is 2.43. The molecule has 9 atom stereocenters. The maximum absolute atomic E-state index is 12.9. The van der Waals surface area contributed by atoms with Gasteiger partial charge < -0.3 is 40.8 Å². The first-order valence-corrected chi connectivity index (χ1v) is 24.5. The van der Waals surface area contributed by atoms with Crippen molar-refractivity contribution in [3.8, 4) is 0 Å². The van der Waals surface area contributed by atoms with Crippen LogP contribution < -0.4 is 5.32 Å². The summed E-state index contributed by atoms with van der Waals surface area (Å²) in [5.41, 5.74) is 0. The van der Waals surface area contributed by atoms with Crippen LogP contribution in [-0.4, -0.2) is 96.8 Å². The molecule has 1 saturated carbocycles. The molecule has 0 aromatic heterocycles. The lowest BCUT2D eigenvalue weighted by molar-refractivity contribution is -0.220. The first-order chi connectivity index (χ1) is 26.9. The van der Waals surface area contributed by atoms with Gasteiger partial charge in [-0.15, -0.1) is 0 Å². The highest BCUT2D eigenvalue weighted by Gasteiger charge is 2.51. The summed E-state index contributed by atoms with van der Waals surface area (Å²) in [5, 5.41) is 64.0. The number of hydrogen-bond donors (Lipinski definition) is 8. The van der Waals surface area contributed by atoms with Gasteiger partial charge in [0.1, 0.15) is 36.6 Å². The van der Waals surface area contributed by atoms with Crippen LogP contribution in [0.3, 0.4) is 0 Å². The van der Waals surface area contributed by atoms with E-state index in [0.29, 0.717) is 19.3 Å². The highest BCUT2D eigenvalue weighted by Crippen LogP contribution is 2.47. The van der Waals surface area contributed by atoms with E-state index in [1.165, 1.54) is 135 Å². The summed E-state index contributed by atoms with van der Waals surface area (Å²) in [6.07, 6.45) is 22.8. The molecule has 1 rings (SSSR count). The first-order valence-electron chi connectivity index (χ1n) is 23.0. The summed E-state index contributed by atoms with van der Waals surface area (Å²) in [6, 6.07) is -1.02. The van der Waals surface area contributed by atoms with Crippen molar-refractivity contribution < 1.29 is 53.9 Å². The van der Waals surface area contributed by atoms with E-state index in [9.17, 15) is 44.9 Å². The highest BCUT2D eigenvalue weighted by atomic mass is 31.2. The Morgan fingerprint density at radius 1 is 0.536 bits per heavy atom. The Hall–Kier alpha value is -0.660. The number of carbonyl (C=O) groups is 1. The Labute approximate surface area is 340 Å².